The third-order valence-electron chi connectivity index (χ3n) is 5.86. The monoisotopic (exact) mass is 660 g/mol. The van der Waals surface area contributed by atoms with E-state index >= 15 is 0 Å². The highest BCUT2D eigenvalue weighted by molar-refractivity contribution is 5.61. The minimum atomic E-state index is -0.826. The van der Waals surface area contributed by atoms with Gasteiger partial charge in [-0.3, -0.25) is 0 Å². The van der Waals surface area contributed by atoms with E-state index in [-0.39, 0.29) is 71.7 Å². The number of rotatable bonds is 11. The fraction of sp³-hybridized carbons (Fsp3) is 0.567. The normalized spacial score (nSPS) is 27.9. The van der Waals surface area contributed by atoms with Crippen molar-refractivity contribution in [2.24, 2.45) is 0 Å². The fourth-order valence-corrected chi connectivity index (χ4v) is 3.95. The molecule has 4 saturated heterocycles. The van der Waals surface area contributed by atoms with E-state index in [2.05, 4.69) is 42.4 Å². The molecule has 0 amide bonds. The Morgan fingerprint density at radius 2 is 0.848 bits per heavy atom. The van der Waals surface area contributed by atoms with Gasteiger partial charge in [0.05, 0.1) is 33.0 Å². The van der Waals surface area contributed by atoms with Crippen molar-refractivity contribution in [3.8, 4) is 0 Å². The molecule has 0 saturated carbocycles. The number of aliphatic hydroxyl groups is 3. The van der Waals surface area contributed by atoms with Gasteiger partial charge in [0.2, 0.25) is 0 Å². The smallest absolute Gasteiger partial charge is 0.430 e. The van der Waals surface area contributed by atoms with Gasteiger partial charge in [0, 0.05) is 0 Å². The quantitative estimate of drug-likeness (QED) is 0.163. The van der Waals surface area contributed by atoms with Crippen molar-refractivity contribution in [1.29, 1.82) is 0 Å². The van der Waals surface area contributed by atoms with E-state index < -0.39 is 55.1 Å². The fourth-order valence-electron chi connectivity index (χ4n) is 3.95. The standard InChI is InChI=1S/C14H18O8.C7H10O3.C6H10O4.C3H6O/c1-3-5-17-13(15)21-9-7-19-12-10(8-20-11(9)12)22-14(16)18-6-4-2;1-3-5-9-7(8)10-6-4-2;7-3-1-9-6-4(8)2-10-5(3)6;1-2-3-4/h3-4,9-12H,1-2,5-8H2;3-4H,1-2,5-6H2;3-8H,1-2H2;2,4H,1,3H2. The van der Waals surface area contributed by atoms with Crippen LogP contribution < -0.4 is 0 Å². The number of hydrogen-bond acceptors (Lipinski definition) is 16. The van der Waals surface area contributed by atoms with Crippen molar-refractivity contribution in [1.82, 2.24) is 0 Å². The molecule has 0 aliphatic carbocycles. The maximum Gasteiger partial charge on any atom is 0.509 e. The molecule has 0 aromatic carbocycles. The summed E-state index contributed by atoms with van der Waals surface area (Å²) < 4.78 is 49.7. The van der Waals surface area contributed by atoms with Crippen molar-refractivity contribution in [2.75, 3.05) is 59.5 Å². The van der Waals surface area contributed by atoms with Gasteiger partial charge in [-0.15, -0.1) is 6.58 Å². The van der Waals surface area contributed by atoms with E-state index in [0.717, 1.165) is 0 Å². The summed E-state index contributed by atoms with van der Waals surface area (Å²) in [5.74, 6) is 0. The lowest BCUT2D eigenvalue weighted by atomic mass is 10.1. The Bertz CT molecular complexity index is 901. The second kappa shape index (κ2) is 23.6. The van der Waals surface area contributed by atoms with Crippen molar-refractivity contribution in [2.45, 2.75) is 48.8 Å². The highest BCUT2D eigenvalue weighted by Gasteiger charge is 2.51. The topological polar surface area (TPSA) is 204 Å². The van der Waals surface area contributed by atoms with Crippen molar-refractivity contribution >= 4 is 18.5 Å². The first-order chi connectivity index (χ1) is 22.2. The molecule has 0 radical (unpaired) electrons. The second-order valence-corrected chi connectivity index (χ2v) is 9.26. The number of aliphatic hydroxyl groups excluding tert-OH is 3. The Kier molecular flexibility index (Phi) is 20.6. The molecule has 4 aliphatic heterocycles. The molecule has 16 nitrogen and oxygen atoms in total. The molecular weight excluding hydrogens is 616 g/mol. The highest BCUT2D eigenvalue weighted by atomic mass is 16.8. The number of fused-ring (bicyclic) bond motifs is 2. The molecule has 260 valence electrons. The molecule has 8 atom stereocenters. The molecule has 3 N–H and O–H groups in total. The first kappa shape index (κ1) is 40.3. The molecule has 4 fully saturated rings. The second-order valence-electron chi connectivity index (χ2n) is 9.26. The Balaban J connectivity index is 0.000000365. The lowest BCUT2D eigenvalue weighted by Crippen LogP contribution is -2.36. The van der Waals surface area contributed by atoms with Crippen LogP contribution in [0.2, 0.25) is 0 Å². The average Bonchev–Trinajstić information content (AvgIpc) is 3.83. The Morgan fingerprint density at radius 1 is 0.543 bits per heavy atom. The van der Waals surface area contributed by atoms with Gasteiger partial charge < -0.3 is 62.7 Å². The molecule has 0 bridgehead atoms. The molecule has 0 spiro atoms. The van der Waals surface area contributed by atoms with Crippen molar-refractivity contribution in [3.63, 3.8) is 0 Å². The average molecular weight is 661 g/mol. The van der Waals surface area contributed by atoms with Gasteiger partial charge in [-0.05, 0) is 0 Å². The molecule has 4 aliphatic rings. The Morgan fingerprint density at radius 3 is 1.15 bits per heavy atom. The molecule has 0 aromatic heterocycles. The van der Waals surface area contributed by atoms with E-state index in [9.17, 15) is 14.4 Å². The van der Waals surface area contributed by atoms with Crippen LogP contribution in [0.25, 0.3) is 0 Å². The van der Waals surface area contributed by atoms with Gasteiger partial charge in [-0.25, -0.2) is 14.4 Å². The zero-order valence-corrected chi connectivity index (χ0v) is 25.6. The van der Waals surface area contributed by atoms with Gasteiger partial charge in [0.15, 0.2) is 12.2 Å². The minimum absolute atomic E-state index is 0.0578. The van der Waals surface area contributed by atoms with Crippen LogP contribution in [0.3, 0.4) is 0 Å². The predicted molar refractivity (Wildman–Crippen MR) is 159 cm³/mol. The van der Waals surface area contributed by atoms with Gasteiger partial charge in [0.1, 0.15) is 63.1 Å². The van der Waals surface area contributed by atoms with Gasteiger partial charge in [-0.2, -0.15) is 0 Å². The van der Waals surface area contributed by atoms with Crippen LogP contribution in [0.1, 0.15) is 0 Å². The lowest BCUT2D eigenvalue weighted by molar-refractivity contribution is -0.0394. The summed E-state index contributed by atoms with van der Waals surface area (Å²) in [5.41, 5.74) is 0. The molecule has 4 rings (SSSR count). The van der Waals surface area contributed by atoms with Crippen LogP contribution in [-0.4, -0.2) is 142 Å². The summed E-state index contributed by atoms with van der Waals surface area (Å²) >= 11 is 0. The molecular formula is C30H44O16. The predicted octanol–water partition coefficient (Wildman–Crippen LogP) is 1.38. The summed E-state index contributed by atoms with van der Waals surface area (Å²) in [6, 6.07) is 0. The Hall–Kier alpha value is -3.77. The summed E-state index contributed by atoms with van der Waals surface area (Å²) in [4.78, 5) is 33.2. The number of hydrogen-bond donors (Lipinski definition) is 3. The van der Waals surface area contributed by atoms with Crippen LogP contribution in [0, 0.1) is 0 Å². The summed E-state index contributed by atoms with van der Waals surface area (Å²) in [6.45, 7) is 18.2. The zero-order valence-electron chi connectivity index (χ0n) is 25.6. The SMILES string of the molecule is C=CCO.C=CCOC(=O)OC1COC2C(OC(=O)OCC=C)COC12.C=CCOC(=O)OCC=C.OC1COC2C(O)COC12. The summed E-state index contributed by atoms with van der Waals surface area (Å²) in [5, 5.41) is 26.1. The molecule has 8 unspecified atom stereocenters. The largest absolute Gasteiger partial charge is 0.509 e. The van der Waals surface area contributed by atoms with Crippen LogP contribution in [0.5, 0.6) is 0 Å². The number of carbonyl (C=O) groups excluding carboxylic acids is 3. The first-order valence-electron chi connectivity index (χ1n) is 14.1. The molecule has 0 aromatic rings. The summed E-state index contributed by atoms with van der Waals surface area (Å²) in [6.07, 6.45) is 0.945. The number of carbonyl (C=O) groups is 3. The third-order valence-corrected chi connectivity index (χ3v) is 5.86. The van der Waals surface area contributed by atoms with Gasteiger partial charge in [0.25, 0.3) is 0 Å². The van der Waals surface area contributed by atoms with E-state index in [4.69, 9.17) is 53.2 Å². The Labute approximate surface area is 267 Å². The van der Waals surface area contributed by atoms with E-state index in [0.29, 0.717) is 0 Å². The molecule has 16 heteroatoms. The van der Waals surface area contributed by atoms with Crippen LogP contribution in [0.15, 0.2) is 63.3 Å². The maximum atomic E-state index is 11.4. The van der Waals surface area contributed by atoms with Crippen LogP contribution in [-0.2, 0) is 47.4 Å². The van der Waals surface area contributed by atoms with E-state index in [1.54, 1.807) is 0 Å². The van der Waals surface area contributed by atoms with Crippen LogP contribution >= 0.6 is 0 Å². The minimum Gasteiger partial charge on any atom is -0.430 e. The van der Waals surface area contributed by atoms with Crippen molar-refractivity contribution < 1.29 is 77.1 Å². The summed E-state index contributed by atoms with van der Waals surface area (Å²) in [7, 11) is 0. The first-order valence-corrected chi connectivity index (χ1v) is 14.1. The van der Waals surface area contributed by atoms with E-state index in [1.807, 2.05) is 0 Å². The van der Waals surface area contributed by atoms with Crippen LogP contribution in [0.4, 0.5) is 14.4 Å². The number of ether oxygens (including phenoxy) is 10. The molecule has 46 heavy (non-hydrogen) atoms. The van der Waals surface area contributed by atoms with E-state index in [1.165, 1.54) is 30.4 Å². The lowest BCUT2D eigenvalue weighted by Gasteiger charge is -2.16. The van der Waals surface area contributed by atoms with Crippen molar-refractivity contribution in [3.05, 3.63) is 63.3 Å². The third kappa shape index (κ3) is 14.6. The maximum absolute atomic E-state index is 11.4. The highest BCUT2D eigenvalue weighted by Crippen LogP contribution is 2.31. The zero-order chi connectivity index (χ0) is 34.3. The van der Waals surface area contributed by atoms with Gasteiger partial charge in [-0.1, -0.05) is 56.7 Å². The van der Waals surface area contributed by atoms with Gasteiger partial charge >= 0.3 is 18.5 Å². The molecule has 4 heterocycles.